The molecule has 0 amide bonds. The normalized spacial score (nSPS) is 10.4. The van der Waals surface area contributed by atoms with Gasteiger partial charge in [-0.25, -0.2) is 4.98 Å². The number of hydrogen-bond acceptors (Lipinski definition) is 3. The summed E-state index contributed by atoms with van der Waals surface area (Å²) < 4.78 is 0. The molecular weight excluding hydrogens is 216 g/mol. The molecule has 2 aromatic rings. The topological polar surface area (TPSA) is 24.9 Å². The number of rotatable bonds is 3. The van der Waals surface area contributed by atoms with E-state index in [9.17, 15) is 0 Å². The second-order valence-corrected chi connectivity index (χ2v) is 4.74. The molecule has 84 valence electrons. The van der Waals surface area contributed by atoms with Crippen LogP contribution in [0.15, 0.2) is 23.6 Å². The lowest BCUT2D eigenvalue weighted by molar-refractivity contribution is 1.19. The molecule has 2 rings (SSSR count). The highest BCUT2D eigenvalue weighted by molar-refractivity contribution is 7.14. The molecule has 0 saturated heterocycles. The van der Waals surface area contributed by atoms with Crippen LogP contribution in [0.1, 0.15) is 18.1 Å². The van der Waals surface area contributed by atoms with E-state index in [0.29, 0.717) is 0 Å². The molecule has 1 aromatic heterocycles. The van der Waals surface area contributed by atoms with Crippen molar-refractivity contribution in [2.75, 3.05) is 11.9 Å². The van der Waals surface area contributed by atoms with Gasteiger partial charge < -0.3 is 5.32 Å². The quantitative estimate of drug-likeness (QED) is 0.869. The molecule has 0 unspecified atom stereocenters. The van der Waals surface area contributed by atoms with Gasteiger partial charge in [-0.15, -0.1) is 11.3 Å². The van der Waals surface area contributed by atoms with Crippen molar-refractivity contribution in [1.29, 1.82) is 0 Å². The summed E-state index contributed by atoms with van der Waals surface area (Å²) >= 11 is 1.66. The molecule has 0 spiro atoms. The molecule has 0 bridgehead atoms. The lowest BCUT2D eigenvalue weighted by Crippen LogP contribution is -1.95. The number of benzene rings is 1. The predicted molar refractivity (Wildman–Crippen MR) is 71.2 cm³/mol. The zero-order valence-corrected chi connectivity index (χ0v) is 10.7. The minimum Gasteiger partial charge on any atom is -0.362 e. The summed E-state index contributed by atoms with van der Waals surface area (Å²) in [4.78, 5) is 4.57. The first kappa shape index (κ1) is 11.1. The molecule has 1 aromatic carbocycles. The van der Waals surface area contributed by atoms with Crippen molar-refractivity contribution in [2.24, 2.45) is 0 Å². The molecule has 0 atom stereocenters. The smallest absolute Gasteiger partial charge is 0.183 e. The monoisotopic (exact) mass is 232 g/mol. The van der Waals surface area contributed by atoms with E-state index in [0.717, 1.165) is 17.4 Å². The van der Waals surface area contributed by atoms with E-state index in [-0.39, 0.29) is 0 Å². The van der Waals surface area contributed by atoms with Crippen molar-refractivity contribution >= 4 is 16.5 Å². The van der Waals surface area contributed by atoms with Gasteiger partial charge in [0.1, 0.15) is 0 Å². The zero-order chi connectivity index (χ0) is 11.5. The Morgan fingerprint density at radius 1 is 1.31 bits per heavy atom. The maximum absolute atomic E-state index is 4.57. The van der Waals surface area contributed by atoms with Crippen molar-refractivity contribution in [1.82, 2.24) is 4.98 Å². The fourth-order valence-electron chi connectivity index (χ4n) is 1.73. The number of hydrogen-bond donors (Lipinski definition) is 1. The summed E-state index contributed by atoms with van der Waals surface area (Å²) in [5, 5.41) is 6.34. The number of nitrogens with zero attached hydrogens (tertiary/aromatic N) is 1. The van der Waals surface area contributed by atoms with Crippen LogP contribution in [-0.4, -0.2) is 11.5 Å². The molecule has 16 heavy (non-hydrogen) atoms. The van der Waals surface area contributed by atoms with Gasteiger partial charge in [-0.05, 0) is 26.3 Å². The number of thiazole rings is 1. The summed E-state index contributed by atoms with van der Waals surface area (Å²) in [5.41, 5.74) is 4.88. The van der Waals surface area contributed by atoms with Crippen LogP contribution >= 0.6 is 11.3 Å². The summed E-state index contributed by atoms with van der Waals surface area (Å²) in [7, 11) is 0. The van der Waals surface area contributed by atoms with Crippen molar-refractivity contribution in [3.05, 3.63) is 34.7 Å². The van der Waals surface area contributed by atoms with Crippen LogP contribution in [0.2, 0.25) is 0 Å². The van der Waals surface area contributed by atoms with Crippen LogP contribution in [0, 0.1) is 13.8 Å². The van der Waals surface area contributed by atoms with E-state index in [1.54, 1.807) is 11.3 Å². The van der Waals surface area contributed by atoms with E-state index >= 15 is 0 Å². The Bertz CT molecular complexity index is 488. The number of aromatic nitrogens is 1. The third-order valence-electron chi connectivity index (χ3n) is 2.49. The Labute approximate surface area is 100 Å². The van der Waals surface area contributed by atoms with Crippen molar-refractivity contribution < 1.29 is 0 Å². The third kappa shape index (κ3) is 2.25. The van der Waals surface area contributed by atoms with Gasteiger partial charge in [-0.2, -0.15) is 0 Å². The molecule has 0 fully saturated rings. The fraction of sp³-hybridized carbons (Fsp3) is 0.308. The van der Waals surface area contributed by atoms with Gasteiger partial charge in [0.15, 0.2) is 5.13 Å². The first-order valence-electron chi connectivity index (χ1n) is 5.47. The van der Waals surface area contributed by atoms with Crippen molar-refractivity contribution in [3.8, 4) is 11.3 Å². The standard InChI is InChI=1S/C13H16N2S/c1-4-14-13-15-12(8-16-13)11-6-5-9(2)7-10(11)3/h5-8H,4H2,1-3H3,(H,14,15). The minimum atomic E-state index is 0.917. The van der Waals surface area contributed by atoms with Gasteiger partial charge in [-0.3, -0.25) is 0 Å². The highest BCUT2D eigenvalue weighted by atomic mass is 32.1. The highest BCUT2D eigenvalue weighted by Crippen LogP contribution is 2.27. The molecule has 1 heterocycles. The summed E-state index contributed by atoms with van der Waals surface area (Å²) in [6, 6.07) is 6.48. The van der Waals surface area contributed by atoms with Crippen LogP contribution in [0.5, 0.6) is 0 Å². The minimum absolute atomic E-state index is 0.917. The second-order valence-electron chi connectivity index (χ2n) is 3.89. The molecule has 0 aliphatic rings. The van der Waals surface area contributed by atoms with Crippen LogP contribution < -0.4 is 5.32 Å². The number of nitrogens with one attached hydrogen (secondary N) is 1. The van der Waals surface area contributed by atoms with Gasteiger partial charge in [0.2, 0.25) is 0 Å². The lowest BCUT2D eigenvalue weighted by atomic mass is 10.0. The average Bonchev–Trinajstić information content (AvgIpc) is 2.67. The lowest BCUT2D eigenvalue weighted by Gasteiger charge is -2.03. The van der Waals surface area contributed by atoms with Gasteiger partial charge in [0, 0.05) is 17.5 Å². The van der Waals surface area contributed by atoms with Gasteiger partial charge in [-0.1, -0.05) is 23.8 Å². The predicted octanol–water partition coefficient (Wildman–Crippen LogP) is 3.86. The Balaban J connectivity index is 2.35. The van der Waals surface area contributed by atoms with Crippen LogP contribution in [0.25, 0.3) is 11.3 Å². The summed E-state index contributed by atoms with van der Waals surface area (Å²) in [6.45, 7) is 7.24. The SMILES string of the molecule is CCNc1nc(-c2ccc(C)cc2C)cs1. The molecule has 0 aliphatic carbocycles. The van der Waals surface area contributed by atoms with E-state index in [1.165, 1.54) is 16.7 Å². The first-order valence-corrected chi connectivity index (χ1v) is 6.35. The van der Waals surface area contributed by atoms with Gasteiger partial charge >= 0.3 is 0 Å². The fourth-order valence-corrected chi connectivity index (χ4v) is 2.51. The second kappa shape index (κ2) is 4.66. The van der Waals surface area contributed by atoms with E-state index in [1.807, 2.05) is 0 Å². The van der Waals surface area contributed by atoms with Crippen LogP contribution in [0.3, 0.4) is 0 Å². The first-order chi connectivity index (χ1) is 7.70. The van der Waals surface area contributed by atoms with E-state index in [4.69, 9.17) is 0 Å². The summed E-state index contributed by atoms with van der Waals surface area (Å²) in [5.74, 6) is 0. The highest BCUT2D eigenvalue weighted by Gasteiger charge is 2.06. The molecular formula is C13H16N2S. The third-order valence-corrected chi connectivity index (χ3v) is 3.29. The molecule has 0 saturated carbocycles. The molecule has 0 aliphatic heterocycles. The molecule has 1 N–H and O–H groups in total. The molecule has 0 radical (unpaired) electrons. The van der Waals surface area contributed by atoms with Gasteiger partial charge in [0.25, 0.3) is 0 Å². The Kier molecular flexibility index (Phi) is 3.25. The van der Waals surface area contributed by atoms with Crippen LogP contribution in [0.4, 0.5) is 5.13 Å². The molecule has 2 nitrogen and oxygen atoms in total. The Morgan fingerprint density at radius 3 is 2.81 bits per heavy atom. The Hall–Kier alpha value is -1.35. The van der Waals surface area contributed by atoms with Crippen LogP contribution in [-0.2, 0) is 0 Å². The maximum Gasteiger partial charge on any atom is 0.183 e. The van der Waals surface area contributed by atoms with Crippen molar-refractivity contribution in [2.45, 2.75) is 20.8 Å². The van der Waals surface area contributed by atoms with E-state index in [2.05, 4.69) is 54.7 Å². The Morgan fingerprint density at radius 2 is 2.12 bits per heavy atom. The average molecular weight is 232 g/mol. The summed E-state index contributed by atoms with van der Waals surface area (Å²) in [6.07, 6.45) is 0. The van der Waals surface area contributed by atoms with Gasteiger partial charge in [0.05, 0.1) is 5.69 Å². The van der Waals surface area contributed by atoms with E-state index < -0.39 is 0 Å². The number of aryl methyl sites for hydroxylation is 2. The maximum atomic E-state index is 4.57. The van der Waals surface area contributed by atoms with Crippen molar-refractivity contribution in [3.63, 3.8) is 0 Å². The number of anilines is 1. The molecule has 3 heteroatoms. The zero-order valence-electron chi connectivity index (χ0n) is 9.87. The largest absolute Gasteiger partial charge is 0.362 e.